The van der Waals surface area contributed by atoms with Gasteiger partial charge in [0.05, 0.1) is 23.7 Å². The third kappa shape index (κ3) is 5.17. The summed E-state index contributed by atoms with van der Waals surface area (Å²) in [4.78, 5) is 56.6. The molecule has 1 aromatic rings. The predicted octanol–water partition coefficient (Wildman–Crippen LogP) is 2.07. The lowest BCUT2D eigenvalue weighted by Gasteiger charge is -2.39. The van der Waals surface area contributed by atoms with Gasteiger partial charge in [-0.25, -0.2) is 9.59 Å². The molecule has 11 heteroatoms. The Bertz CT molecular complexity index is 1240. The number of nitriles is 1. The van der Waals surface area contributed by atoms with Gasteiger partial charge in [-0.05, 0) is 76.1 Å². The average molecular weight is 538 g/mol. The Hall–Kier alpha value is -3.65. The molecule has 4 aliphatic rings. The second kappa shape index (κ2) is 10.2. The first kappa shape index (κ1) is 26.9. The Balaban J connectivity index is 1.30. The zero-order valence-electron chi connectivity index (χ0n) is 22.6. The number of nitrogens with one attached hydrogen (secondary N) is 1. The van der Waals surface area contributed by atoms with Crippen molar-refractivity contribution in [2.24, 2.45) is 0 Å². The highest BCUT2D eigenvalue weighted by Gasteiger charge is 2.53. The first-order valence-corrected chi connectivity index (χ1v) is 13.6. The van der Waals surface area contributed by atoms with E-state index in [0.29, 0.717) is 25.9 Å². The van der Waals surface area contributed by atoms with Gasteiger partial charge in [-0.1, -0.05) is 6.07 Å². The van der Waals surface area contributed by atoms with Gasteiger partial charge in [-0.15, -0.1) is 0 Å². The first-order chi connectivity index (χ1) is 18.5. The molecule has 3 amide bonds. The molecular weight excluding hydrogens is 502 g/mol. The molecule has 1 aromatic carbocycles. The average Bonchev–Trinajstić information content (AvgIpc) is 3.64. The molecule has 1 aliphatic carbocycles. The van der Waals surface area contributed by atoms with Crippen LogP contribution in [0.1, 0.15) is 74.0 Å². The van der Waals surface area contributed by atoms with Crippen LogP contribution in [0, 0.1) is 11.3 Å². The molecule has 0 aromatic heterocycles. The van der Waals surface area contributed by atoms with Crippen LogP contribution in [0.15, 0.2) is 18.2 Å². The number of piperazine rings is 1. The molecule has 11 nitrogen and oxygen atoms in total. The summed E-state index contributed by atoms with van der Waals surface area (Å²) < 4.78 is 5.41. The summed E-state index contributed by atoms with van der Waals surface area (Å²) in [6.45, 7) is 6.39. The van der Waals surface area contributed by atoms with Gasteiger partial charge in [0.15, 0.2) is 0 Å². The number of hydrogen-bond donors (Lipinski definition) is 2. The summed E-state index contributed by atoms with van der Waals surface area (Å²) in [7, 11) is 0. The number of ether oxygens (including phenoxy) is 1. The molecule has 5 rings (SSSR count). The summed E-state index contributed by atoms with van der Waals surface area (Å²) >= 11 is 0. The fourth-order valence-electron chi connectivity index (χ4n) is 6.55. The van der Waals surface area contributed by atoms with Crippen molar-refractivity contribution >= 4 is 23.9 Å². The fraction of sp³-hybridized carbons (Fsp3) is 0.607. The van der Waals surface area contributed by atoms with Crippen LogP contribution < -0.4 is 5.32 Å². The van der Waals surface area contributed by atoms with Crippen molar-refractivity contribution < 1.29 is 29.0 Å². The van der Waals surface area contributed by atoms with Gasteiger partial charge in [0.25, 0.3) is 0 Å². The van der Waals surface area contributed by atoms with Gasteiger partial charge in [0, 0.05) is 25.7 Å². The molecule has 0 saturated carbocycles. The van der Waals surface area contributed by atoms with E-state index in [9.17, 15) is 29.5 Å². The minimum Gasteiger partial charge on any atom is -0.478 e. The molecule has 0 radical (unpaired) electrons. The highest BCUT2D eigenvalue weighted by Crippen LogP contribution is 2.44. The van der Waals surface area contributed by atoms with E-state index < -0.39 is 35.8 Å². The van der Waals surface area contributed by atoms with Crippen LogP contribution >= 0.6 is 0 Å². The molecule has 0 spiro atoms. The zero-order valence-corrected chi connectivity index (χ0v) is 22.6. The van der Waals surface area contributed by atoms with Crippen molar-refractivity contribution in [3.05, 3.63) is 34.9 Å². The number of nitrogens with zero attached hydrogens (tertiary/aromatic N) is 4. The molecule has 39 heavy (non-hydrogen) atoms. The minimum atomic E-state index is -0.965. The highest BCUT2D eigenvalue weighted by molar-refractivity contribution is 5.89. The number of carboxylic acid groups (broad SMARTS) is 1. The smallest absolute Gasteiger partial charge is 0.408 e. The van der Waals surface area contributed by atoms with E-state index in [-0.39, 0.29) is 36.0 Å². The number of fused-ring (bicyclic) bond motifs is 3. The molecule has 2 N–H and O–H groups in total. The largest absolute Gasteiger partial charge is 0.478 e. The Morgan fingerprint density at radius 1 is 1.23 bits per heavy atom. The first-order valence-electron chi connectivity index (χ1n) is 13.6. The summed E-state index contributed by atoms with van der Waals surface area (Å²) in [5.41, 5.74) is 1.48. The Morgan fingerprint density at radius 3 is 2.67 bits per heavy atom. The van der Waals surface area contributed by atoms with Crippen molar-refractivity contribution in [3.63, 3.8) is 0 Å². The summed E-state index contributed by atoms with van der Waals surface area (Å²) in [5, 5.41) is 21.5. The molecule has 208 valence electrons. The third-order valence-electron chi connectivity index (χ3n) is 8.18. The fourth-order valence-corrected chi connectivity index (χ4v) is 6.55. The van der Waals surface area contributed by atoms with E-state index in [2.05, 4.69) is 11.4 Å². The number of alkyl carbamates (subject to hydrolysis) is 1. The summed E-state index contributed by atoms with van der Waals surface area (Å²) in [5.74, 6) is -1.31. The maximum Gasteiger partial charge on any atom is 0.408 e. The number of amides is 3. The standard InChI is InChI=1S/C28H35N5O6/c1-28(2,3)39-27(38)30-21(24(34)32-10-4-5-18(32)13-29)15-31-14-19-12-23(31)25(35)33(19)22-9-7-16-11-17(26(36)37)6-8-20(16)22/h6,8,11,18-19,21-23H,4-5,7,9-10,12,14-15H2,1-3H3,(H,30,38)(H,36,37)/t18?,19-,21?,22?,23?/m0/s1. The van der Waals surface area contributed by atoms with E-state index in [0.717, 1.165) is 30.4 Å². The van der Waals surface area contributed by atoms with Crippen LogP contribution in [-0.4, -0.2) is 93.1 Å². The lowest BCUT2D eigenvalue weighted by Crippen LogP contribution is -2.59. The van der Waals surface area contributed by atoms with E-state index in [1.54, 1.807) is 32.9 Å². The van der Waals surface area contributed by atoms with Crippen molar-refractivity contribution in [1.29, 1.82) is 5.26 Å². The number of likely N-dealkylation sites (tertiary alicyclic amines) is 3. The van der Waals surface area contributed by atoms with E-state index in [1.807, 2.05) is 15.9 Å². The monoisotopic (exact) mass is 537 g/mol. The van der Waals surface area contributed by atoms with Gasteiger partial charge in [0.1, 0.15) is 17.7 Å². The van der Waals surface area contributed by atoms with Gasteiger partial charge >= 0.3 is 12.1 Å². The third-order valence-corrected chi connectivity index (χ3v) is 8.18. The van der Waals surface area contributed by atoms with E-state index >= 15 is 0 Å². The van der Waals surface area contributed by atoms with Crippen LogP contribution in [0.5, 0.6) is 0 Å². The molecule has 5 atom stereocenters. The molecule has 2 bridgehead atoms. The minimum absolute atomic E-state index is 0.00838. The number of carboxylic acids is 1. The number of benzene rings is 1. The van der Waals surface area contributed by atoms with Crippen molar-refractivity contribution in [2.75, 3.05) is 19.6 Å². The van der Waals surface area contributed by atoms with Crippen LogP contribution in [-0.2, 0) is 20.7 Å². The SMILES string of the molecule is CC(C)(C)OC(=O)NC(CN1C[C@@H]2CC1C(=O)N2C1CCc2cc(C(=O)O)ccc21)C(=O)N1CCCC1C#N. The Morgan fingerprint density at radius 2 is 2.00 bits per heavy atom. The maximum absolute atomic E-state index is 13.6. The van der Waals surface area contributed by atoms with Gasteiger partial charge in [0.2, 0.25) is 11.8 Å². The number of aryl methyl sites for hydroxylation is 1. The molecule has 3 heterocycles. The van der Waals surface area contributed by atoms with Gasteiger partial charge in [-0.3, -0.25) is 14.5 Å². The van der Waals surface area contributed by atoms with E-state index in [4.69, 9.17) is 4.74 Å². The molecule has 4 unspecified atom stereocenters. The second-order valence-corrected chi connectivity index (χ2v) is 11.9. The molecular formula is C28H35N5O6. The number of hydrogen-bond acceptors (Lipinski definition) is 7. The number of carbonyl (C=O) groups excluding carboxylic acids is 3. The zero-order chi connectivity index (χ0) is 28.1. The maximum atomic E-state index is 13.6. The van der Waals surface area contributed by atoms with Crippen LogP contribution in [0.3, 0.4) is 0 Å². The number of carbonyl (C=O) groups is 4. The quantitative estimate of drug-likeness (QED) is 0.561. The highest BCUT2D eigenvalue weighted by atomic mass is 16.6. The molecule has 3 fully saturated rings. The Labute approximate surface area is 227 Å². The van der Waals surface area contributed by atoms with Gasteiger partial charge < -0.3 is 25.0 Å². The van der Waals surface area contributed by atoms with E-state index in [1.165, 1.54) is 4.90 Å². The number of rotatable bonds is 6. The molecule has 3 saturated heterocycles. The number of aromatic carboxylic acids is 1. The lowest BCUT2D eigenvalue weighted by molar-refractivity contribution is -0.141. The van der Waals surface area contributed by atoms with Gasteiger partial charge in [-0.2, -0.15) is 5.26 Å². The van der Waals surface area contributed by atoms with Crippen LogP contribution in [0.2, 0.25) is 0 Å². The molecule has 3 aliphatic heterocycles. The van der Waals surface area contributed by atoms with Crippen molar-refractivity contribution in [2.45, 2.75) is 88.7 Å². The van der Waals surface area contributed by atoms with Crippen molar-refractivity contribution in [3.8, 4) is 6.07 Å². The normalized spacial score (nSPS) is 26.9. The lowest BCUT2D eigenvalue weighted by atomic mass is 10.0. The van der Waals surface area contributed by atoms with Crippen LogP contribution in [0.4, 0.5) is 4.79 Å². The summed E-state index contributed by atoms with van der Waals surface area (Å²) in [6.07, 6.45) is 2.71. The second-order valence-electron chi connectivity index (χ2n) is 11.9. The summed E-state index contributed by atoms with van der Waals surface area (Å²) in [6, 6.07) is 5.29. The van der Waals surface area contributed by atoms with Crippen LogP contribution in [0.25, 0.3) is 0 Å². The topological polar surface area (TPSA) is 143 Å². The Kier molecular flexibility index (Phi) is 7.01. The predicted molar refractivity (Wildman–Crippen MR) is 139 cm³/mol. The van der Waals surface area contributed by atoms with Crippen molar-refractivity contribution in [1.82, 2.24) is 20.0 Å².